The van der Waals surface area contributed by atoms with Crippen LogP contribution in [0.4, 0.5) is 0 Å². The van der Waals surface area contributed by atoms with E-state index in [0.717, 1.165) is 5.75 Å². The van der Waals surface area contributed by atoms with Gasteiger partial charge < -0.3 is 14.6 Å². The number of hydrogen-bond donors (Lipinski definition) is 1. The Morgan fingerprint density at radius 3 is 2.62 bits per heavy atom. The number of ether oxygens (including phenoxy) is 2. The molecule has 0 amide bonds. The standard InChI is InChI=1S/C10H12O3/c11-6-9-10(13-9)7-12-8-4-2-1-3-5-8/h1-5,9-11H,6-7H2. The number of aliphatic hydroxyl groups is 1. The summed E-state index contributed by atoms with van der Waals surface area (Å²) in [7, 11) is 0. The van der Waals surface area contributed by atoms with E-state index in [4.69, 9.17) is 14.6 Å². The maximum absolute atomic E-state index is 8.69. The van der Waals surface area contributed by atoms with Crippen molar-refractivity contribution in [2.45, 2.75) is 12.2 Å². The number of benzene rings is 1. The van der Waals surface area contributed by atoms with E-state index in [1.807, 2.05) is 30.3 Å². The summed E-state index contributed by atoms with van der Waals surface area (Å²) in [6, 6.07) is 9.59. The van der Waals surface area contributed by atoms with Crippen LogP contribution >= 0.6 is 0 Å². The lowest BCUT2D eigenvalue weighted by molar-refractivity contribution is 0.233. The molecule has 1 heterocycles. The van der Waals surface area contributed by atoms with Gasteiger partial charge in [-0.2, -0.15) is 0 Å². The zero-order valence-corrected chi connectivity index (χ0v) is 7.22. The number of para-hydroxylation sites is 1. The zero-order valence-electron chi connectivity index (χ0n) is 7.22. The van der Waals surface area contributed by atoms with Crippen LogP contribution in [0.25, 0.3) is 0 Å². The molecule has 0 saturated carbocycles. The smallest absolute Gasteiger partial charge is 0.120 e. The summed E-state index contributed by atoms with van der Waals surface area (Å²) in [5.41, 5.74) is 0. The fourth-order valence-corrected chi connectivity index (χ4v) is 1.18. The van der Waals surface area contributed by atoms with Crippen molar-refractivity contribution in [1.82, 2.24) is 0 Å². The van der Waals surface area contributed by atoms with Crippen LogP contribution in [0, 0.1) is 0 Å². The monoisotopic (exact) mass is 180 g/mol. The number of hydrogen-bond acceptors (Lipinski definition) is 3. The molecule has 0 aliphatic carbocycles. The molecule has 70 valence electrons. The summed E-state index contributed by atoms with van der Waals surface area (Å²) in [6.45, 7) is 0.609. The first-order valence-corrected chi connectivity index (χ1v) is 4.34. The molecular formula is C10H12O3. The molecule has 3 nitrogen and oxygen atoms in total. The Morgan fingerprint density at radius 2 is 2.00 bits per heavy atom. The molecule has 0 radical (unpaired) electrons. The quantitative estimate of drug-likeness (QED) is 0.698. The highest BCUT2D eigenvalue weighted by Gasteiger charge is 2.38. The van der Waals surface area contributed by atoms with Crippen LogP contribution in [0.3, 0.4) is 0 Å². The van der Waals surface area contributed by atoms with Gasteiger partial charge in [0.25, 0.3) is 0 Å². The highest BCUT2D eigenvalue weighted by Crippen LogP contribution is 2.22. The predicted molar refractivity (Wildman–Crippen MR) is 47.7 cm³/mol. The first-order chi connectivity index (χ1) is 6.40. The van der Waals surface area contributed by atoms with Gasteiger partial charge in [0, 0.05) is 0 Å². The third kappa shape index (κ3) is 2.20. The van der Waals surface area contributed by atoms with E-state index in [1.165, 1.54) is 0 Å². The molecule has 1 N–H and O–H groups in total. The molecule has 1 fully saturated rings. The largest absolute Gasteiger partial charge is 0.491 e. The Hall–Kier alpha value is -1.06. The van der Waals surface area contributed by atoms with Gasteiger partial charge in [-0.05, 0) is 12.1 Å². The molecule has 2 rings (SSSR count). The molecule has 0 bridgehead atoms. The highest BCUT2D eigenvalue weighted by molar-refractivity contribution is 5.21. The molecule has 0 aromatic heterocycles. The molecule has 1 aromatic carbocycles. The molecule has 1 aliphatic rings. The van der Waals surface area contributed by atoms with E-state index >= 15 is 0 Å². The van der Waals surface area contributed by atoms with Crippen molar-refractivity contribution in [3.8, 4) is 5.75 Å². The summed E-state index contributed by atoms with van der Waals surface area (Å²) < 4.78 is 10.5. The van der Waals surface area contributed by atoms with Gasteiger partial charge in [-0.25, -0.2) is 0 Å². The minimum Gasteiger partial charge on any atom is -0.491 e. The van der Waals surface area contributed by atoms with E-state index in [2.05, 4.69) is 0 Å². The van der Waals surface area contributed by atoms with Gasteiger partial charge in [0.2, 0.25) is 0 Å². The normalized spacial score (nSPS) is 25.6. The molecular weight excluding hydrogens is 168 g/mol. The molecule has 3 heteroatoms. The predicted octanol–water partition coefficient (Wildman–Crippen LogP) is 0.825. The fourth-order valence-electron chi connectivity index (χ4n) is 1.18. The summed E-state index contributed by atoms with van der Waals surface area (Å²) in [5.74, 6) is 0.842. The SMILES string of the molecule is OCC1OC1COc1ccccc1. The van der Waals surface area contributed by atoms with Crippen LogP contribution in [0.5, 0.6) is 5.75 Å². The lowest BCUT2D eigenvalue weighted by atomic mass is 10.3. The summed E-state index contributed by atoms with van der Waals surface area (Å²) in [6.07, 6.45) is 0.0638. The third-order valence-corrected chi connectivity index (χ3v) is 2.03. The van der Waals surface area contributed by atoms with Crippen LogP contribution in [0.1, 0.15) is 0 Å². The summed E-state index contributed by atoms with van der Waals surface area (Å²) >= 11 is 0. The van der Waals surface area contributed by atoms with Crippen molar-refractivity contribution < 1.29 is 14.6 Å². The van der Waals surface area contributed by atoms with Gasteiger partial charge in [0.05, 0.1) is 6.61 Å². The topological polar surface area (TPSA) is 42.0 Å². The Balaban J connectivity index is 1.75. The molecule has 2 unspecified atom stereocenters. The van der Waals surface area contributed by atoms with Crippen LogP contribution in [0.15, 0.2) is 30.3 Å². The van der Waals surface area contributed by atoms with Crippen LogP contribution in [0.2, 0.25) is 0 Å². The average molecular weight is 180 g/mol. The minimum atomic E-state index is -0.0105. The number of epoxide rings is 1. The molecule has 1 aliphatic heterocycles. The van der Waals surface area contributed by atoms with Crippen molar-refractivity contribution in [2.24, 2.45) is 0 Å². The minimum absolute atomic E-state index is 0.0105. The highest BCUT2D eigenvalue weighted by atomic mass is 16.6. The van der Waals surface area contributed by atoms with Crippen molar-refractivity contribution in [1.29, 1.82) is 0 Å². The second-order valence-electron chi connectivity index (χ2n) is 3.02. The van der Waals surface area contributed by atoms with Gasteiger partial charge in [-0.3, -0.25) is 0 Å². The van der Waals surface area contributed by atoms with Crippen molar-refractivity contribution in [3.63, 3.8) is 0 Å². The maximum atomic E-state index is 8.69. The average Bonchev–Trinajstić information content (AvgIpc) is 2.95. The number of rotatable bonds is 4. The number of aliphatic hydroxyl groups excluding tert-OH is 1. The molecule has 13 heavy (non-hydrogen) atoms. The Morgan fingerprint density at radius 1 is 1.23 bits per heavy atom. The fraction of sp³-hybridized carbons (Fsp3) is 0.400. The lowest BCUT2D eigenvalue weighted by Gasteiger charge is -2.02. The van der Waals surface area contributed by atoms with Crippen LogP contribution < -0.4 is 4.74 Å². The Kier molecular flexibility index (Phi) is 2.47. The van der Waals surface area contributed by atoms with Gasteiger partial charge in [0.1, 0.15) is 24.6 Å². The van der Waals surface area contributed by atoms with Gasteiger partial charge in [-0.1, -0.05) is 18.2 Å². The van der Waals surface area contributed by atoms with Crippen molar-refractivity contribution in [2.75, 3.05) is 13.2 Å². The molecule has 2 atom stereocenters. The van der Waals surface area contributed by atoms with Crippen molar-refractivity contribution in [3.05, 3.63) is 30.3 Å². The Bertz CT molecular complexity index is 260. The molecule has 1 aromatic rings. The first-order valence-electron chi connectivity index (χ1n) is 4.34. The zero-order chi connectivity index (χ0) is 9.10. The second kappa shape index (κ2) is 3.77. The van der Waals surface area contributed by atoms with E-state index in [1.54, 1.807) is 0 Å². The van der Waals surface area contributed by atoms with Crippen molar-refractivity contribution >= 4 is 0 Å². The lowest BCUT2D eigenvalue weighted by Crippen LogP contribution is -2.09. The second-order valence-corrected chi connectivity index (χ2v) is 3.02. The Labute approximate surface area is 76.9 Å². The summed E-state index contributed by atoms with van der Waals surface area (Å²) in [5, 5.41) is 8.69. The van der Waals surface area contributed by atoms with Gasteiger partial charge >= 0.3 is 0 Å². The third-order valence-electron chi connectivity index (χ3n) is 2.03. The van der Waals surface area contributed by atoms with Crippen LogP contribution in [-0.2, 0) is 4.74 Å². The van der Waals surface area contributed by atoms with E-state index in [-0.39, 0.29) is 18.8 Å². The molecule has 1 saturated heterocycles. The molecule has 0 spiro atoms. The maximum Gasteiger partial charge on any atom is 0.120 e. The first kappa shape index (κ1) is 8.53. The van der Waals surface area contributed by atoms with Gasteiger partial charge in [0.15, 0.2) is 0 Å². The summed E-state index contributed by atoms with van der Waals surface area (Å²) in [4.78, 5) is 0. The van der Waals surface area contributed by atoms with E-state index in [9.17, 15) is 0 Å². The van der Waals surface area contributed by atoms with E-state index < -0.39 is 0 Å². The van der Waals surface area contributed by atoms with E-state index in [0.29, 0.717) is 6.61 Å². The van der Waals surface area contributed by atoms with Gasteiger partial charge in [-0.15, -0.1) is 0 Å². The van der Waals surface area contributed by atoms with Crippen LogP contribution in [-0.4, -0.2) is 30.5 Å².